The highest BCUT2D eigenvalue weighted by atomic mass is 32.1. The van der Waals surface area contributed by atoms with Crippen molar-refractivity contribution in [2.75, 3.05) is 14.2 Å². The molecule has 1 aromatic heterocycles. The third kappa shape index (κ3) is 3.62. The van der Waals surface area contributed by atoms with E-state index < -0.39 is 10.8 Å². The Labute approximate surface area is 142 Å². The molecule has 0 bridgehead atoms. The maximum Gasteiger partial charge on any atom is 0.286 e. The highest BCUT2D eigenvalue weighted by Crippen LogP contribution is 2.34. The van der Waals surface area contributed by atoms with Gasteiger partial charge in [0.15, 0.2) is 11.5 Å². The Morgan fingerprint density at radius 3 is 2.42 bits per heavy atom. The summed E-state index contributed by atoms with van der Waals surface area (Å²) >= 11 is 1.47. The number of thiazole rings is 1. The lowest BCUT2D eigenvalue weighted by molar-refractivity contribution is -0.385. The molecule has 0 aliphatic carbocycles. The van der Waals surface area contributed by atoms with Crippen molar-refractivity contribution in [1.29, 1.82) is 0 Å². The number of methoxy groups -OCH3 is 2. The van der Waals surface area contributed by atoms with Crippen LogP contribution in [0.4, 0.5) is 5.69 Å². The van der Waals surface area contributed by atoms with Crippen molar-refractivity contribution in [3.63, 3.8) is 0 Å². The highest BCUT2D eigenvalue weighted by molar-refractivity contribution is 7.11. The van der Waals surface area contributed by atoms with Crippen LogP contribution in [0.15, 0.2) is 12.1 Å². The Balaban J connectivity index is 2.30. The standard InChI is InChI=1S/C15H17N3O5S/c1-8-14(24-9(2)17-8)7-16-15(19)10-5-12(22-3)13(23-4)6-11(10)18(20)21/h5-6H,7H2,1-4H3,(H,16,19). The summed E-state index contributed by atoms with van der Waals surface area (Å²) in [5.41, 5.74) is 0.401. The van der Waals surface area contributed by atoms with Crippen molar-refractivity contribution >= 4 is 22.9 Å². The van der Waals surface area contributed by atoms with Gasteiger partial charge in [-0.05, 0) is 13.8 Å². The van der Waals surface area contributed by atoms with Crippen LogP contribution in [0.25, 0.3) is 0 Å². The third-order valence-electron chi connectivity index (χ3n) is 3.35. The molecule has 0 spiro atoms. The molecule has 0 saturated carbocycles. The SMILES string of the molecule is COc1cc(C(=O)NCc2sc(C)nc2C)c([N+](=O)[O-])cc1OC. The summed E-state index contributed by atoms with van der Waals surface area (Å²) in [5, 5.41) is 14.8. The first-order valence-electron chi connectivity index (χ1n) is 6.98. The zero-order valence-electron chi connectivity index (χ0n) is 13.7. The zero-order valence-corrected chi connectivity index (χ0v) is 14.5. The molecule has 128 valence electrons. The number of carbonyl (C=O) groups excluding carboxylic acids is 1. The fourth-order valence-electron chi connectivity index (χ4n) is 2.19. The molecule has 0 radical (unpaired) electrons. The summed E-state index contributed by atoms with van der Waals surface area (Å²) in [4.78, 5) is 28.2. The molecule has 2 rings (SSSR count). The minimum atomic E-state index is -0.626. The second-order valence-corrected chi connectivity index (χ2v) is 6.19. The lowest BCUT2D eigenvalue weighted by Crippen LogP contribution is -2.23. The largest absolute Gasteiger partial charge is 0.493 e. The fourth-order valence-corrected chi connectivity index (χ4v) is 3.07. The molecule has 1 heterocycles. The molecule has 1 N–H and O–H groups in total. The molecule has 0 saturated heterocycles. The Hall–Kier alpha value is -2.68. The van der Waals surface area contributed by atoms with Crippen LogP contribution in [-0.4, -0.2) is 30.0 Å². The summed E-state index contributed by atoms with van der Waals surface area (Å²) in [7, 11) is 2.77. The predicted octanol–water partition coefficient (Wildman–Crippen LogP) is 2.62. The lowest BCUT2D eigenvalue weighted by atomic mass is 10.1. The number of ether oxygens (including phenoxy) is 2. The van der Waals surface area contributed by atoms with Crippen molar-refractivity contribution < 1.29 is 19.2 Å². The molecule has 0 aliphatic heterocycles. The first kappa shape index (κ1) is 17.7. The van der Waals surface area contributed by atoms with Crippen molar-refractivity contribution in [2.45, 2.75) is 20.4 Å². The number of nitro groups is 1. The number of hydrogen-bond acceptors (Lipinski definition) is 7. The minimum Gasteiger partial charge on any atom is -0.493 e. The van der Waals surface area contributed by atoms with Crippen LogP contribution >= 0.6 is 11.3 Å². The topological polar surface area (TPSA) is 104 Å². The number of benzene rings is 1. The normalized spacial score (nSPS) is 10.3. The zero-order chi connectivity index (χ0) is 17.9. The number of aromatic nitrogens is 1. The summed E-state index contributed by atoms with van der Waals surface area (Å²) in [5.74, 6) is -0.124. The van der Waals surface area contributed by atoms with E-state index in [0.29, 0.717) is 0 Å². The molecule has 2 aromatic rings. The molecule has 1 amide bonds. The number of rotatable bonds is 6. The molecule has 24 heavy (non-hydrogen) atoms. The first-order chi connectivity index (χ1) is 11.4. The van der Waals surface area contributed by atoms with Gasteiger partial charge in [0.1, 0.15) is 5.56 Å². The minimum absolute atomic E-state index is 0.0865. The van der Waals surface area contributed by atoms with Crippen molar-refractivity contribution in [1.82, 2.24) is 10.3 Å². The second-order valence-electron chi connectivity index (χ2n) is 4.91. The van der Waals surface area contributed by atoms with Gasteiger partial charge in [0.2, 0.25) is 0 Å². The summed E-state index contributed by atoms with van der Waals surface area (Å²) in [6.07, 6.45) is 0. The van der Waals surface area contributed by atoms with E-state index in [0.717, 1.165) is 15.6 Å². The maximum atomic E-state index is 12.4. The molecular weight excluding hydrogens is 334 g/mol. The van der Waals surface area contributed by atoms with E-state index in [9.17, 15) is 14.9 Å². The van der Waals surface area contributed by atoms with E-state index in [2.05, 4.69) is 10.3 Å². The average Bonchev–Trinajstić information content (AvgIpc) is 2.88. The smallest absolute Gasteiger partial charge is 0.286 e. The van der Waals surface area contributed by atoms with Gasteiger partial charge in [0.25, 0.3) is 11.6 Å². The summed E-state index contributed by atoms with van der Waals surface area (Å²) in [6, 6.07) is 2.48. The van der Waals surface area contributed by atoms with Gasteiger partial charge >= 0.3 is 0 Å². The van der Waals surface area contributed by atoms with Gasteiger partial charge < -0.3 is 14.8 Å². The van der Waals surface area contributed by atoms with Crippen molar-refractivity contribution in [2.24, 2.45) is 0 Å². The van der Waals surface area contributed by atoms with E-state index in [1.165, 1.54) is 37.7 Å². The molecular formula is C15H17N3O5S. The first-order valence-corrected chi connectivity index (χ1v) is 7.80. The third-order valence-corrected chi connectivity index (χ3v) is 4.43. The average molecular weight is 351 g/mol. The van der Waals surface area contributed by atoms with E-state index >= 15 is 0 Å². The van der Waals surface area contributed by atoms with Gasteiger partial charge in [-0.15, -0.1) is 11.3 Å². The Morgan fingerprint density at radius 1 is 1.29 bits per heavy atom. The van der Waals surface area contributed by atoms with Crippen LogP contribution in [0.5, 0.6) is 11.5 Å². The Morgan fingerprint density at radius 2 is 1.92 bits per heavy atom. The van der Waals surface area contributed by atoms with Gasteiger partial charge in [-0.1, -0.05) is 0 Å². The molecule has 0 unspecified atom stereocenters. The van der Waals surface area contributed by atoms with Crippen LogP contribution < -0.4 is 14.8 Å². The number of hydrogen-bond donors (Lipinski definition) is 1. The van der Waals surface area contributed by atoms with Crippen LogP contribution in [0.1, 0.15) is 25.9 Å². The number of nitro benzene ring substituents is 1. The molecule has 0 atom stereocenters. The van der Waals surface area contributed by atoms with Crippen LogP contribution in [0.2, 0.25) is 0 Å². The summed E-state index contributed by atoms with van der Waals surface area (Å²) in [6.45, 7) is 3.98. The van der Waals surface area contributed by atoms with Crippen molar-refractivity contribution in [3.05, 3.63) is 43.4 Å². The predicted molar refractivity (Wildman–Crippen MR) is 89.0 cm³/mol. The Bertz CT molecular complexity index is 788. The summed E-state index contributed by atoms with van der Waals surface area (Å²) < 4.78 is 10.2. The van der Waals surface area contributed by atoms with Crippen LogP contribution in [0.3, 0.4) is 0 Å². The van der Waals surface area contributed by atoms with Gasteiger partial charge in [0.05, 0.1) is 42.5 Å². The van der Waals surface area contributed by atoms with Gasteiger partial charge in [-0.3, -0.25) is 14.9 Å². The Kier molecular flexibility index (Phi) is 5.35. The molecule has 1 aromatic carbocycles. The van der Waals surface area contributed by atoms with E-state index in [1.807, 2.05) is 13.8 Å². The van der Waals surface area contributed by atoms with Crippen molar-refractivity contribution in [3.8, 4) is 11.5 Å². The monoisotopic (exact) mass is 351 g/mol. The van der Waals surface area contributed by atoms with Crippen LogP contribution in [-0.2, 0) is 6.54 Å². The fraction of sp³-hybridized carbons (Fsp3) is 0.333. The molecule has 9 heteroatoms. The number of nitrogens with zero attached hydrogens (tertiary/aromatic N) is 2. The lowest BCUT2D eigenvalue weighted by Gasteiger charge is -2.10. The quantitative estimate of drug-likeness (QED) is 0.634. The maximum absolute atomic E-state index is 12.4. The van der Waals surface area contributed by atoms with Gasteiger partial charge in [0, 0.05) is 10.9 Å². The molecule has 8 nitrogen and oxygen atoms in total. The molecule has 0 fully saturated rings. The highest BCUT2D eigenvalue weighted by Gasteiger charge is 2.24. The van der Waals surface area contributed by atoms with E-state index in [-0.39, 0.29) is 29.3 Å². The van der Waals surface area contributed by atoms with E-state index in [1.54, 1.807) is 0 Å². The number of aryl methyl sites for hydroxylation is 2. The van der Waals surface area contributed by atoms with Crippen LogP contribution in [0, 0.1) is 24.0 Å². The van der Waals surface area contributed by atoms with E-state index in [4.69, 9.17) is 9.47 Å². The number of carbonyl (C=O) groups is 1. The van der Waals surface area contributed by atoms with Gasteiger partial charge in [-0.25, -0.2) is 4.98 Å². The number of nitrogens with one attached hydrogen (secondary N) is 1. The number of amides is 1. The molecule has 0 aliphatic rings. The second kappa shape index (κ2) is 7.26. The van der Waals surface area contributed by atoms with Gasteiger partial charge in [-0.2, -0.15) is 0 Å².